The summed E-state index contributed by atoms with van der Waals surface area (Å²) in [5.41, 5.74) is 3.25. The summed E-state index contributed by atoms with van der Waals surface area (Å²) >= 11 is 0. The zero-order chi connectivity index (χ0) is 10.0. The summed E-state index contributed by atoms with van der Waals surface area (Å²) < 4.78 is 1.85. The van der Waals surface area contributed by atoms with Crippen LogP contribution in [0.15, 0.2) is 19.4 Å². The molecule has 1 rings (SSSR count). The number of aryl methyl sites for hydroxylation is 1. The van der Waals surface area contributed by atoms with E-state index in [-0.39, 0.29) is 0 Å². The predicted octanol–water partition coefficient (Wildman–Crippen LogP) is 2.73. The van der Waals surface area contributed by atoms with Gasteiger partial charge in [-0.1, -0.05) is 33.1 Å². The van der Waals surface area contributed by atoms with Gasteiger partial charge in [-0.3, -0.25) is 4.68 Å². The molecule has 0 aliphatic rings. The van der Waals surface area contributed by atoms with Crippen LogP contribution in [-0.4, -0.2) is 9.78 Å². The van der Waals surface area contributed by atoms with Crippen molar-refractivity contribution in [2.45, 2.75) is 13.8 Å². The van der Waals surface area contributed by atoms with Gasteiger partial charge in [-0.15, -0.1) is 0 Å². The Morgan fingerprint density at radius 1 is 1.62 bits per heavy atom. The fourth-order valence-corrected chi connectivity index (χ4v) is 1.27. The van der Waals surface area contributed by atoms with Gasteiger partial charge in [0.2, 0.25) is 0 Å². The van der Waals surface area contributed by atoms with Gasteiger partial charge in [0.05, 0.1) is 11.9 Å². The molecule has 0 radical (unpaired) electrons. The Morgan fingerprint density at radius 3 is 2.69 bits per heavy atom. The number of nitrogens with zero attached hydrogens (tertiary/aromatic N) is 2. The SMILES string of the molecule is C=Cc1cnn(C)c1C(=C)C(C)C. The molecule has 1 aromatic rings. The molecule has 0 aromatic carbocycles. The van der Waals surface area contributed by atoms with E-state index in [1.54, 1.807) is 0 Å². The van der Waals surface area contributed by atoms with Crippen LogP contribution in [0, 0.1) is 5.92 Å². The van der Waals surface area contributed by atoms with E-state index >= 15 is 0 Å². The van der Waals surface area contributed by atoms with Gasteiger partial charge in [0, 0.05) is 12.6 Å². The monoisotopic (exact) mass is 176 g/mol. The van der Waals surface area contributed by atoms with Crippen LogP contribution >= 0.6 is 0 Å². The molecule has 0 N–H and O–H groups in total. The number of hydrogen-bond acceptors (Lipinski definition) is 1. The normalized spacial score (nSPS) is 10.5. The van der Waals surface area contributed by atoms with Gasteiger partial charge in [-0.05, 0) is 11.5 Å². The van der Waals surface area contributed by atoms with Crippen LogP contribution in [0.3, 0.4) is 0 Å². The first kappa shape index (κ1) is 9.78. The van der Waals surface area contributed by atoms with Crippen LogP contribution in [0.5, 0.6) is 0 Å². The van der Waals surface area contributed by atoms with Gasteiger partial charge in [0.15, 0.2) is 0 Å². The summed E-state index contributed by atoms with van der Waals surface area (Å²) in [6.45, 7) is 12.1. The number of hydrogen-bond donors (Lipinski definition) is 0. The van der Waals surface area contributed by atoms with Gasteiger partial charge in [-0.2, -0.15) is 5.10 Å². The largest absolute Gasteiger partial charge is 0.268 e. The highest BCUT2D eigenvalue weighted by Crippen LogP contribution is 2.24. The molecule has 0 fully saturated rings. The zero-order valence-corrected chi connectivity index (χ0v) is 8.54. The number of allylic oxidation sites excluding steroid dienone is 1. The van der Waals surface area contributed by atoms with Crippen molar-refractivity contribution in [1.82, 2.24) is 9.78 Å². The molecular formula is C11H16N2. The minimum absolute atomic E-state index is 0.439. The van der Waals surface area contributed by atoms with Crippen LogP contribution in [0.4, 0.5) is 0 Å². The van der Waals surface area contributed by atoms with E-state index in [0.29, 0.717) is 5.92 Å². The second-order valence-corrected chi connectivity index (χ2v) is 3.46. The number of aromatic nitrogens is 2. The van der Waals surface area contributed by atoms with E-state index in [2.05, 4.69) is 32.1 Å². The molecule has 0 saturated heterocycles. The third-order valence-corrected chi connectivity index (χ3v) is 2.19. The highest BCUT2D eigenvalue weighted by molar-refractivity contribution is 5.70. The molecule has 0 spiro atoms. The lowest BCUT2D eigenvalue weighted by Crippen LogP contribution is -2.02. The van der Waals surface area contributed by atoms with Crippen LogP contribution in [0.1, 0.15) is 25.1 Å². The van der Waals surface area contributed by atoms with Crippen LogP contribution in [-0.2, 0) is 7.05 Å². The Balaban J connectivity index is 3.18. The van der Waals surface area contributed by atoms with E-state index in [4.69, 9.17) is 0 Å². The van der Waals surface area contributed by atoms with E-state index < -0.39 is 0 Å². The average molecular weight is 176 g/mol. The first-order valence-corrected chi connectivity index (χ1v) is 4.41. The third kappa shape index (κ3) is 1.72. The molecule has 2 heteroatoms. The molecule has 0 atom stereocenters. The van der Waals surface area contributed by atoms with Crippen molar-refractivity contribution in [3.63, 3.8) is 0 Å². The highest BCUT2D eigenvalue weighted by Gasteiger charge is 2.11. The maximum Gasteiger partial charge on any atom is 0.0707 e. The van der Waals surface area contributed by atoms with E-state index in [1.165, 1.54) is 0 Å². The summed E-state index contributed by atoms with van der Waals surface area (Å²) in [6.07, 6.45) is 3.63. The molecule has 0 aliphatic heterocycles. The molecule has 13 heavy (non-hydrogen) atoms. The van der Waals surface area contributed by atoms with Crippen molar-refractivity contribution in [3.8, 4) is 0 Å². The Morgan fingerprint density at radius 2 is 2.23 bits per heavy atom. The minimum atomic E-state index is 0.439. The molecular weight excluding hydrogens is 160 g/mol. The molecule has 2 nitrogen and oxygen atoms in total. The zero-order valence-electron chi connectivity index (χ0n) is 8.54. The molecule has 0 amide bonds. The quantitative estimate of drug-likeness (QED) is 0.692. The molecule has 0 unspecified atom stereocenters. The second kappa shape index (κ2) is 3.60. The smallest absolute Gasteiger partial charge is 0.0707 e. The molecule has 0 aliphatic carbocycles. The number of rotatable bonds is 3. The Labute approximate surface area is 79.6 Å². The second-order valence-electron chi connectivity index (χ2n) is 3.46. The molecule has 1 heterocycles. The topological polar surface area (TPSA) is 17.8 Å². The maximum atomic E-state index is 4.18. The Hall–Kier alpha value is -1.31. The fraction of sp³-hybridized carbons (Fsp3) is 0.364. The fourth-order valence-electron chi connectivity index (χ4n) is 1.27. The maximum absolute atomic E-state index is 4.18. The molecule has 0 saturated carbocycles. The van der Waals surface area contributed by atoms with E-state index in [1.807, 2.05) is 24.0 Å². The summed E-state index contributed by atoms with van der Waals surface area (Å²) in [4.78, 5) is 0. The van der Waals surface area contributed by atoms with Gasteiger partial charge in [0.25, 0.3) is 0 Å². The van der Waals surface area contributed by atoms with Crippen LogP contribution < -0.4 is 0 Å². The van der Waals surface area contributed by atoms with Crippen molar-refractivity contribution >= 4 is 11.6 Å². The summed E-state index contributed by atoms with van der Waals surface area (Å²) in [7, 11) is 1.93. The van der Waals surface area contributed by atoms with E-state index in [0.717, 1.165) is 16.8 Å². The van der Waals surface area contributed by atoms with Crippen molar-refractivity contribution in [3.05, 3.63) is 30.6 Å². The third-order valence-electron chi connectivity index (χ3n) is 2.19. The van der Waals surface area contributed by atoms with Crippen LogP contribution in [0.25, 0.3) is 11.6 Å². The first-order valence-electron chi connectivity index (χ1n) is 4.41. The summed E-state index contributed by atoms with van der Waals surface area (Å²) in [5.74, 6) is 0.439. The van der Waals surface area contributed by atoms with Gasteiger partial charge in [-0.25, -0.2) is 0 Å². The van der Waals surface area contributed by atoms with Crippen molar-refractivity contribution in [2.24, 2.45) is 13.0 Å². The van der Waals surface area contributed by atoms with E-state index in [9.17, 15) is 0 Å². The summed E-state index contributed by atoms with van der Waals surface area (Å²) in [6, 6.07) is 0. The first-order chi connectivity index (χ1) is 6.07. The van der Waals surface area contributed by atoms with Crippen molar-refractivity contribution < 1.29 is 0 Å². The Kier molecular flexibility index (Phi) is 2.71. The van der Waals surface area contributed by atoms with Crippen LogP contribution in [0.2, 0.25) is 0 Å². The minimum Gasteiger partial charge on any atom is -0.268 e. The summed E-state index contributed by atoms with van der Waals surface area (Å²) in [5, 5.41) is 4.18. The molecule has 0 bridgehead atoms. The standard InChI is InChI=1S/C11H16N2/c1-6-10-7-12-13(5)11(10)9(4)8(2)3/h6-8H,1,4H2,2-3,5H3. The lowest BCUT2D eigenvalue weighted by molar-refractivity contribution is 0.737. The van der Waals surface area contributed by atoms with Crippen molar-refractivity contribution in [2.75, 3.05) is 0 Å². The molecule has 1 aromatic heterocycles. The van der Waals surface area contributed by atoms with Gasteiger partial charge >= 0.3 is 0 Å². The highest BCUT2D eigenvalue weighted by atomic mass is 15.3. The Bertz CT molecular complexity index is 332. The van der Waals surface area contributed by atoms with Crippen molar-refractivity contribution in [1.29, 1.82) is 0 Å². The van der Waals surface area contributed by atoms with Gasteiger partial charge < -0.3 is 0 Å². The average Bonchev–Trinajstić information content (AvgIpc) is 2.45. The predicted molar refractivity (Wildman–Crippen MR) is 57.2 cm³/mol. The van der Waals surface area contributed by atoms with Gasteiger partial charge in [0.1, 0.15) is 0 Å². The molecule has 70 valence electrons. The lowest BCUT2D eigenvalue weighted by atomic mass is 9.99. The lowest BCUT2D eigenvalue weighted by Gasteiger charge is -2.10.